The molecule has 1 amide bonds. The van der Waals surface area contributed by atoms with Crippen molar-refractivity contribution < 1.29 is 9.59 Å². The number of carbonyl (C=O) groups excluding carboxylic acids is 2. The standard InChI is InChI=1S/C6H12N2O2/c1-5(10)8-6(4-9)3-7-2/h4,6-7H,3H2,1-2H3,(H,8,10). The summed E-state index contributed by atoms with van der Waals surface area (Å²) in [6, 6.07) is -0.400. The lowest BCUT2D eigenvalue weighted by molar-refractivity contribution is -0.122. The minimum atomic E-state index is -0.400. The summed E-state index contributed by atoms with van der Waals surface area (Å²) in [6.45, 7) is 1.86. The molecule has 58 valence electrons. The molecule has 0 bridgehead atoms. The lowest BCUT2D eigenvalue weighted by atomic mass is 10.3. The SMILES string of the molecule is CNCC(C=O)NC(C)=O. The van der Waals surface area contributed by atoms with Crippen molar-refractivity contribution in [3.63, 3.8) is 0 Å². The molecular weight excluding hydrogens is 132 g/mol. The molecule has 0 aromatic carbocycles. The van der Waals surface area contributed by atoms with Crippen molar-refractivity contribution in [3.05, 3.63) is 0 Å². The van der Waals surface area contributed by atoms with Gasteiger partial charge in [-0.3, -0.25) is 4.79 Å². The first-order chi connectivity index (χ1) is 4.70. The Kier molecular flexibility index (Phi) is 4.49. The van der Waals surface area contributed by atoms with Gasteiger partial charge in [-0.2, -0.15) is 0 Å². The smallest absolute Gasteiger partial charge is 0.217 e. The maximum atomic E-state index is 10.4. The summed E-state index contributed by atoms with van der Waals surface area (Å²) in [6.07, 6.45) is 0.706. The third kappa shape index (κ3) is 4.03. The summed E-state index contributed by atoms with van der Waals surface area (Å²) >= 11 is 0. The summed E-state index contributed by atoms with van der Waals surface area (Å²) in [4.78, 5) is 20.6. The van der Waals surface area contributed by atoms with E-state index >= 15 is 0 Å². The summed E-state index contributed by atoms with van der Waals surface area (Å²) in [7, 11) is 1.72. The Morgan fingerprint density at radius 1 is 1.70 bits per heavy atom. The minimum absolute atomic E-state index is 0.188. The van der Waals surface area contributed by atoms with Gasteiger partial charge in [0.05, 0.1) is 6.04 Å². The van der Waals surface area contributed by atoms with Crippen LogP contribution in [0.25, 0.3) is 0 Å². The normalized spacial score (nSPS) is 12.2. The van der Waals surface area contributed by atoms with E-state index in [1.54, 1.807) is 7.05 Å². The molecule has 2 N–H and O–H groups in total. The number of aldehydes is 1. The van der Waals surface area contributed by atoms with Gasteiger partial charge in [0.2, 0.25) is 5.91 Å². The second-order valence-electron chi connectivity index (χ2n) is 2.00. The summed E-state index contributed by atoms with van der Waals surface area (Å²) in [5.41, 5.74) is 0. The topological polar surface area (TPSA) is 58.2 Å². The molecule has 0 saturated carbocycles. The molecule has 0 heterocycles. The maximum absolute atomic E-state index is 10.4. The van der Waals surface area contributed by atoms with Crippen molar-refractivity contribution in [3.8, 4) is 0 Å². The van der Waals surface area contributed by atoms with E-state index in [-0.39, 0.29) is 5.91 Å². The zero-order valence-electron chi connectivity index (χ0n) is 6.18. The number of carbonyl (C=O) groups is 2. The van der Waals surface area contributed by atoms with Crippen molar-refractivity contribution in [2.45, 2.75) is 13.0 Å². The van der Waals surface area contributed by atoms with Gasteiger partial charge in [-0.1, -0.05) is 0 Å². The lowest BCUT2D eigenvalue weighted by Crippen LogP contribution is -2.41. The molecule has 0 fully saturated rings. The van der Waals surface area contributed by atoms with E-state index in [2.05, 4.69) is 10.6 Å². The molecule has 1 atom stereocenters. The first-order valence-electron chi connectivity index (χ1n) is 3.07. The third-order valence-electron chi connectivity index (χ3n) is 0.977. The van der Waals surface area contributed by atoms with Gasteiger partial charge in [-0.25, -0.2) is 0 Å². The van der Waals surface area contributed by atoms with Crippen molar-refractivity contribution in [2.24, 2.45) is 0 Å². The van der Waals surface area contributed by atoms with Crippen LogP contribution in [0.15, 0.2) is 0 Å². The maximum Gasteiger partial charge on any atom is 0.217 e. The Balaban J connectivity index is 3.59. The van der Waals surface area contributed by atoms with E-state index < -0.39 is 6.04 Å². The molecule has 4 heteroatoms. The predicted molar refractivity (Wildman–Crippen MR) is 37.6 cm³/mol. The second kappa shape index (κ2) is 4.93. The molecule has 0 radical (unpaired) electrons. The molecule has 4 nitrogen and oxygen atoms in total. The molecule has 0 spiro atoms. The first-order valence-corrected chi connectivity index (χ1v) is 3.07. The molecule has 0 aromatic rings. The molecule has 0 aliphatic carbocycles. The lowest BCUT2D eigenvalue weighted by Gasteiger charge is -2.08. The highest BCUT2D eigenvalue weighted by atomic mass is 16.2. The molecule has 0 saturated heterocycles. The Morgan fingerprint density at radius 3 is 2.60 bits per heavy atom. The average Bonchev–Trinajstić information content (AvgIpc) is 1.86. The van der Waals surface area contributed by atoms with Crippen LogP contribution in [0.3, 0.4) is 0 Å². The van der Waals surface area contributed by atoms with E-state index in [0.717, 1.165) is 0 Å². The van der Waals surface area contributed by atoms with Crippen molar-refractivity contribution in [2.75, 3.05) is 13.6 Å². The van der Waals surface area contributed by atoms with E-state index in [9.17, 15) is 9.59 Å². The van der Waals surface area contributed by atoms with Crippen molar-refractivity contribution >= 4 is 12.2 Å². The molecule has 0 aliphatic rings. The van der Waals surface area contributed by atoms with Crippen LogP contribution in [0.5, 0.6) is 0 Å². The van der Waals surface area contributed by atoms with Gasteiger partial charge < -0.3 is 15.4 Å². The van der Waals surface area contributed by atoms with Gasteiger partial charge in [-0.05, 0) is 7.05 Å². The first kappa shape index (κ1) is 9.10. The van der Waals surface area contributed by atoms with Crippen LogP contribution in [-0.4, -0.2) is 31.8 Å². The highest BCUT2D eigenvalue weighted by molar-refractivity contribution is 5.77. The monoisotopic (exact) mass is 144 g/mol. The number of amides is 1. The van der Waals surface area contributed by atoms with Crippen LogP contribution in [0, 0.1) is 0 Å². The Hall–Kier alpha value is -0.900. The second-order valence-corrected chi connectivity index (χ2v) is 2.00. The average molecular weight is 144 g/mol. The largest absolute Gasteiger partial charge is 0.346 e. The van der Waals surface area contributed by atoms with Gasteiger partial charge >= 0.3 is 0 Å². The number of nitrogens with one attached hydrogen (secondary N) is 2. The van der Waals surface area contributed by atoms with Crippen LogP contribution in [0.4, 0.5) is 0 Å². The molecule has 0 aliphatic heterocycles. The third-order valence-corrected chi connectivity index (χ3v) is 0.977. The zero-order valence-corrected chi connectivity index (χ0v) is 6.18. The Morgan fingerprint density at radius 2 is 2.30 bits per heavy atom. The van der Waals surface area contributed by atoms with Crippen LogP contribution in [0.1, 0.15) is 6.92 Å². The van der Waals surface area contributed by atoms with Crippen LogP contribution in [0.2, 0.25) is 0 Å². The van der Waals surface area contributed by atoms with Gasteiger partial charge in [0.25, 0.3) is 0 Å². The van der Waals surface area contributed by atoms with Gasteiger partial charge in [0.1, 0.15) is 6.29 Å². The number of hydrogen-bond acceptors (Lipinski definition) is 3. The summed E-state index contributed by atoms with van der Waals surface area (Å²) < 4.78 is 0. The van der Waals surface area contributed by atoms with Crippen molar-refractivity contribution in [1.82, 2.24) is 10.6 Å². The van der Waals surface area contributed by atoms with Gasteiger partial charge in [0, 0.05) is 13.5 Å². The minimum Gasteiger partial charge on any atom is -0.346 e. The Bertz CT molecular complexity index is 125. The van der Waals surface area contributed by atoms with Crippen LogP contribution < -0.4 is 10.6 Å². The van der Waals surface area contributed by atoms with Crippen molar-refractivity contribution in [1.29, 1.82) is 0 Å². The van der Waals surface area contributed by atoms with E-state index in [1.165, 1.54) is 6.92 Å². The quantitative estimate of drug-likeness (QED) is 0.493. The van der Waals surface area contributed by atoms with E-state index in [1.807, 2.05) is 0 Å². The molecule has 0 aromatic heterocycles. The molecule has 0 rings (SSSR count). The van der Waals surface area contributed by atoms with Gasteiger partial charge in [0.15, 0.2) is 0 Å². The number of likely N-dealkylation sites (N-methyl/N-ethyl adjacent to an activating group) is 1. The fourth-order valence-electron chi connectivity index (χ4n) is 0.614. The van der Waals surface area contributed by atoms with Crippen LogP contribution in [-0.2, 0) is 9.59 Å². The summed E-state index contributed by atoms with van der Waals surface area (Å²) in [5, 5.41) is 5.24. The highest BCUT2D eigenvalue weighted by Gasteiger charge is 2.04. The van der Waals surface area contributed by atoms with E-state index in [0.29, 0.717) is 12.8 Å². The fraction of sp³-hybridized carbons (Fsp3) is 0.667. The predicted octanol–water partition coefficient (Wildman–Crippen LogP) is -1.09. The fourth-order valence-corrected chi connectivity index (χ4v) is 0.614. The number of rotatable bonds is 4. The van der Waals surface area contributed by atoms with E-state index in [4.69, 9.17) is 0 Å². The number of hydrogen-bond donors (Lipinski definition) is 2. The van der Waals surface area contributed by atoms with Gasteiger partial charge in [-0.15, -0.1) is 0 Å². The zero-order chi connectivity index (χ0) is 7.98. The highest BCUT2D eigenvalue weighted by Crippen LogP contribution is 1.73. The molecule has 10 heavy (non-hydrogen) atoms. The van der Waals surface area contributed by atoms with Crippen LogP contribution >= 0.6 is 0 Å². The molecular formula is C6H12N2O2. The summed E-state index contributed by atoms with van der Waals surface area (Å²) in [5.74, 6) is -0.188. The molecule has 1 unspecified atom stereocenters. The Labute approximate surface area is 60.0 Å².